The van der Waals surface area contributed by atoms with Crippen molar-refractivity contribution in [2.24, 2.45) is 11.8 Å². The molecule has 0 bridgehead atoms. The molecule has 4 heteroatoms. The van der Waals surface area contributed by atoms with Crippen molar-refractivity contribution in [2.45, 2.75) is 52.0 Å². The largest absolute Gasteiger partial charge is 0.493 e. The first kappa shape index (κ1) is 18.2. The maximum atomic E-state index is 12.8. The van der Waals surface area contributed by atoms with E-state index >= 15 is 0 Å². The van der Waals surface area contributed by atoms with Gasteiger partial charge in [0, 0.05) is 31.5 Å². The number of methoxy groups -OCH3 is 2. The third-order valence-electron chi connectivity index (χ3n) is 6.19. The van der Waals surface area contributed by atoms with Crippen molar-refractivity contribution < 1.29 is 14.3 Å². The van der Waals surface area contributed by atoms with Crippen LogP contribution in [0.2, 0.25) is 0 Å². The number of ether oxygens (including phenoxy) is 2. The topological polar surface area (TPSA) is 38.8 Å². The Kier molecular flexibility index (Phi) is 5.67. The highest BCUT2D eigenvalue weighted by molar-refractivity contribution is 5.83. The van der Waals surface area contributed by atoms with Crippen LogP contribution in [-0.2, 0) is 11.2 Å². The van der Waals surface area contributed by atoms with Gasteiger partial charge in [-0.25, -0.2) is 0 Å². The van der Waals surface area contributed by atoms with E-state index < -0.39 is 0 Å². The highest BCUT2D eigenvalue weighted by Gasteiger charge is 2.38. The van der Waals surface area contributed by atoms with Crippen LogP contribution in [0.5, 0.6) is 11.5 Å². The molecule has 0 spiro atoms. The van der Waals surface area contributed by atoms with E-state index in [-0.39, 0.29) is 12.0 Å². The molecule has 0 N–H and O–H groups in total. The Morgan fingerprint density at radius 3 is 2.48 bits per heavy atom. The lowest BCUT2D eigenvalue weighted by Crippen LogP contribution is -2.46. The van der Waals surface area contributed by atoms with Crippen LogP contribution in [0.4, 0.5) is 0 Å². The van der Waals surface area contributed by atoms with Crippen LogP contribution in [0.3, 0.4) is 0 Å². The Morgan fingerprint density at radius 1 is 1.16 bits per heavy atom. The highest BCUT2D eigenvalue weighted by Crippen LogP contribution is 2.42. The first-order chi connectivity index (χ1) is 12.1. The number of carbonyl (C=O) groups is 1. The van der Waals surface area contributed by atoms with Crippen LogP contribution in [0.25, 0.3) is 0 Å². The molecule has 25 heavy (non-hydrogen) atoms. The second-order valence-corrected chi connectivity index (χ2v) is 7.45. The minimum Gasteiger partial charge on any atom is -0.493 e. The fourth-order valence-corrected chi connectivity index (χ4v) is 4.51. The smallest absolute Gasteiger partial charge is 0.161 e. The van der Waals surface area contributed by atoms with Crippen LogP contribution in [0.1, 0.15) is 56.7 Å². The van der Waals surface area contributed by atoms with Gasteiger partial charge in [-0.15, -0.1) is 0 Å². The number of hydrogen-bond donors (Lipinski definition) is 0. The predicted molar refractivity (Wildman–Crippen MR) is 99.4 cm³/mol. The third kappa shape index (κ3) is 3.55. The van der Waals surface area contributed by atoms with Gasteiger partial charge >= 0.3 is 0 Å². The molecular weight excluding hydrogens is 314 g/mol. The molecule has 2 unspecified atom stereocenters. The molecule has 0 radical (unpaired) electrons. The summed E-state index contributed by atoms with van der Waals surface area (Å²) in [7, 11) is 3.34. The van der Waals surface area contributed by atoms with E-state index in [0.29, 0.717) is 18.1 Å². The van der Waals surface area contributed by atoms with Crippen molar-refractivity contribution in [3.8, 4) is 11.5 Å². The number of fused-ring (bicyclic) bond motifs is 3. The number of Topliss-reactive ketones (excluding diaryl/α,β-unsaturated/α-hetero) is 1. The number of rotatable bonds is 6. The van der Waals surface area contributed by atoms with Crippen molar-refractivity contribution in [1.82, 2.24) is 4.90 Å². The monoisotopic (exact) mass is 345 g/mol. The van der Waals surface area contributed by atoms with Gasteiger partial charge in [0.2, 0.25) is 0 Å². The summed E-state index contributed by atoms with van der Waals surface area (Å²) in [5.74, 6) is 2.86. The predicted octanol–water partition coefficient (Wildman–Crippen LogP) is 4.02. The van der Waals surface area contributed by atoms with Crippen LogP contribution in [-0.4, -0.2) is 38.0 Å². The zero-order valence-corrected chi connectivity index (χ0v) is 16.0. The van der Waals surface area contributed by atoms with Gasteiger partial charge in [0.25, 0.3) is 0 Å². The van der Waals surface area contributed by atoms with E-state index in [0.717, 1.165) is 37.4 Å². The summed E-state index contributed by atoms with van der Waals surface area (Å²) in [6.07, 6.45) is 5.03. The molecular formula is C21H31NO3. The molecule has 1 fully saturated rings. The van der Waals surface area contributed by atoms with Gasteiger partial charge in [-0.1, -0.05) is 26.7 Å². The normalized spacial score (nSPS) is 23.3. The summed E-state index contributed by atoms with van der Waals surface area (Å²) in [6.45, 7) is 6.41. The maximum Gasteiger partial charge on any atom is 0.161 e. The van der Waals surface area contributed by atoms with Gasteiger partial charge in [-0.05, 0) is 42.0 Å². The minimum absolute atomic E-state index is 0.203. The van der Waals surface area contributed by atoms with Crippen LogP contribution >= 0.6 is 0 Å². The van der Waals surface area contributed by atoms with E-state index in [1.807, 2.05) is 0 Å². The van der Waals surface area contributed by atoms with Crippen LogP contribution in [0.15, 0.2) is 12.1 Å². The molecule has 0 saturated carbocycles. The molecule has 0 amide bonds. The van der Waals surface area contributed by atoms with Crippen molar-refractivity contribution in [3.05, 3.63) is 23.3 Å². The van der Waals surface area contributed by atoms with E-state index in [1.165, 1.54) is 24.0 Å². The summed E-state index contributed by atoms with van der Waals surface area (Å²) in [5.41, 5.74) is 2.54. The number of nitrogens with zero attached hydrogens (tertiary/aromatic N) is 1. The van der Waals surface area contributed by atoms with E-state index in [9.17, 15) is 4.79 Å². The molecule has 1 aromatic carbocycles. The molecule has 2 aliphatic heterocycles. The lowest BCUT2D eigenvalue weighted by Gasteiger charge is -2.43. The third-order valence-corrected chi connectivity index (χ3v) is 6.19. The molecule has 2 heterocycles. The van der Waals surface area contributed by atoms with Gasteiger partial charge in [0.15, 0.2) is 11.5 Å². The fourth-order valence-electron chi connectivity index (χ4n) is 4.51. The Morgan fingerprint density at radius 2 is 1.84 bits per heavy atom. The average molecular weight is 345 g/mol. The van der Waals surface area contributed by atoms with E-state index in [4.69, 9.17) is 9.47 Å². The minimum atomic E-state index is 0.203. The first-order valence-electron chi connectivity index (χ1n) is 9.62. The fraction of sp³-hybridized carbons (Fsp3) is 0.667. The zero-order chi connectivity index (χ0) is 18.0. The zero-order valence-electron chi connectivity index (χ0n) is 16.0. The molecule has 3 rings (SSSR count). The second-order valence-electron chi connectivity index (χ2n) is 7.45. The summed E-state index contributed by atoms with van der Waals surface area (Å²) in [4.78, 5) is 15.3. The van der Waals surface area contributed by atoms with Gasteiger partial charge in [0.05, 0.1) is 14.2 Å². The summed E-state index contributed by atoms with van der Waals surface area (Å²) < 4.78 is 10.9. The number of piperidine rings is 1. The number of benzene rings is 1. The Balaban J connectivity index is 1.82. The quantitative estimate of drug-likeness (QED) is 0.781. The molecule has 0 aromatic heterocycles. The van der Waals surface area contributed by atoms with Crippen molar-refractivity contribution in [2.75, 3.05) is 27.3 Å². The lowest BCUT2D eigenvalue weighted by molar-refractivity contribution is -0.129. The van der Waals surface area contributed by atoms with Crippen molar-refractivity contribution in [3.63, 3.8) is 0 Å². The van der Waals surface area contributed by atoms with Crippen LogP contribution < -0.4 is 9.47 Å². The molecule has 2 atom stereocenters. The van der Waals surface area contributed by atoms with Crippen molar-refractivity contribution in [1.29, 1.82) is 0 Å². The Labute approximate surface area is 151 Å². The lowest BCUT2D eigenvalue weighted by atomic mass is 9.79. The molecule has 2 aliphatic rings. The molecule has 1 aromatic rings. The Bertz CT molecular complexity index is 624. The summed E-state index contributed by atoms with van der Waals surface area (Å²) in [6, 6.07) is 4.38. The first-order valence-corrected chi connectivity index (χ1v) is 9.62. The van der Waals surface area contributed by atoms with Gasteiger partial charge < -0.3 is 9.47 Å². The number of ketones is 1. The second kappa shape index (κ2) is 7.77. The summed E-state index contributed by atoms with van der Waals surface area (Å²) >= 11 is 0. The SMILES string of the molecule is CCC(CC)CC1CN2CCc3cc(OC)c(OC)cc3C2CC1=O. The standard InChI is InChI=1S/C21H31NO3/c1-5-14(6-2)9-16-13-22-8-7-15-10-20(24-3)21(25-4)11-17(15)18(22)12-19(16)23/h10-11,14,16,18H,5-9,12-13H2,1-4H3. The van der Waals surface area contributed by atoms with Crippen molar-refractivity contribution >= 4 is 5.78 Å². The highest BCUT2D eigenvalue weighted by atomic mass is 16.5. The molecule has 0 aliphatic carbocycles. The molecule has 4 nitrogen and oxygen atoms in total. The van der Waals surface area contributed by atoms with E-state index in [2.05, 4.69) is 30.9 Å². The van der Waals surface area contributed by atoms with Gasteiger partial charge in [-0.2, -0.15) is 0 Å². The average Bonchev–Trinajstić information content (AvgIpc) is 2.65. The molecule has 1 saturated heterocycles. The van der Waals surface area contributed by atoms with Crippen LogP contribution in [0, 0.1) is 11.8 Å². The molecule has 138 valence electrons. The number of hydrogen-bond acceptors (Lipinski definition) is 4. The number of carbonyl (C=O) groups excluding carboxylic acids is 1. The maximum absolute atomic E-state index is 12.8. The Hall–Kier alpha value is -1.55. The van der Waals surface area contributed by atoms with E-state index in [1.54, 1.807) is 14.2 Å². The van der Waals surface area contributed by atoms with Gasteiger partial charge in [0.1, 0.15) is 5.78 Å². The summed E-state index contributed by atoms with van der Waals surface area (Å²) in [5, 5.41) is 0. The van der Waals surface area contributed by atoms with Gasteiger partial charge in [-0.3, -0.25) is 9.69 Å².